The second-order valence-corrected chi connectivity index (χ2v) is 6.31. The molecule has 0 spiro atoms. The molecule has 0 fully saturated rings. The zero-order chi connectivity index (χ0) is 15.8. The fourth-order valence-corrected chi connectivity index (χ4v) is 3.42. The summed E-state index contributed by atoms with van der Waals surface area (Å²) in [6.07, 6.45) is 2.40. The molecule has 116 valence electrons. The topological polar surface area (TPSA) is 46.3 Å². The van der Waals surface area contributed by atoms with Crippen molar-refractivity contribution in [3.8, 4) is 10.8 Å². The fraction of sp³-hybridized carbons (Fsp3) is 0.176. The average Bonchev–Trinajstić information content (AvgIpc) is 3.26. The van der Waals surface area contributed by atoms with Crippen LogP contribution in [-0.2, 0) is 17.6 Å². The van der Waals surface area contributed by atoms with E-state index < -0.39 is 0 Å². The van der Waals surface area contributed by atoms with E-state index in [0.29, 0.717) is 23.8 Å². The minimum absolute atomic E-state index is 0.0969. The third-order valence-corrected chi connectivity index (χ3v) is 4.72. The largest absolute Gasteiger partial charge is 0.444 e. The monoisotopic (exact) mass is 328 g/mol. The maximum absolute atomic E-state index is 13.4. The van der Waals surface area contributed by atoms with Crippen molar-refractivity contribution in [3.63, 3.8) is 0 Å². The third-order valence-electron chi connectivity index (χ3n) is 3.86. The lowest BCUT2D eigenvalue weighted by Crippen LogP contribution is -2.30. The van der Waals surface area contributed by atoms with Crippen LogP contribution in [0.4, 0.5) is 10.1 Å². The van der Waals surface area contributed by atoms with Crippen molar-refractivity contribution in [2.75, 3.05) is 11.4 Å². The van der Waals surface area contributed by atoms with Crippen molar-refractivity contribution in [2.24, 2.45) is 0 Å². The predicted octanol–water partition coefficient (Wildman–Crippen LogP) is 3.67. The van der Waals surface area contributed by atoms with Crippen LogP contribution in [0, 0.1) is 5.82 Å². The first-order chi connectivity index (χ1) is 11.2. The molecule has 0 N–H and O–H groups in total. The van der Waals surface area contributed by atoms with E-state index >= 15 is 0 Å². The Hall–Kier alpha value is -2.47. The van der Waals surface area contributed by atoms with Gasteiger partial charge in [0.15, 0.2) is 0 Å². The van der Waals surface area contributed by atoms with Gasteiger partial charge in [-0.25, -0.2) is 9.37 Å². The molecule has 0 radical (unpaired) electrons. The number of rotatable bonds is 3. The Kier molecular flexibility index (Phi) is 3.46. The van der Waals surface area contributed by atoms with Crippen molar-refractivity contribution in [3.05, 3.63) is 59.0 Å². The van der Waals surface area contributed by atoms with E-state index in [-0.39, 0.29) is 18.1 Å². The molecule has 1 aromatic carbocycles. The van der Waals surface area contributed by atoms with Crippen LogP contribution in [0.25, 0.3) is 10.8 Å². The number of thiophene rings is 1. The minimum atomic E-state index is -0.329. The molecule has 3 heterocycles. The van der Waals surface area contributed by atoms with Crippen LogP contribution < -0.4 is 4.90 Å². The van der Waals surface area contributed by atoms with Gasteiger partial charge in [-0.1, -0.05) is 12.1 Å². The Morgan fingerprint density at radius 1 is 1.39 bits per heavy atom. The molecule has 23 heavy (non-hydrogen) atoms. The molecule has 0 atom stereocenters. The summed E-state index contributed by atoms with van der Waals surface area (Å²) in [5.74, 6) is 0.0981. The van der Waals surface area contributed by atoms with Gasteiger partial charge in [0, 0.05) is 12.2 Å². The first kappa shape index (κ1) is 14.1. The highest BCUT2D eigenvalue weighted by Crippen LogP contribution is 2.29. The number of carbonyl (C=O) groups is 1. The van der Waals surface area contributed by atoms with E-state index in [1.807, 2.05) is 17.5 Å². The minimum Gasteiger partial charge on any atom is -0.444 e. The highest BCUT2D eigenvalue weighted by Gasteiger charge is 2.25. The molecular formula is C17H13FN2O2S. The van der Waals surface area contributed by atoms with E-state index in [2.05, 4.69) is 4.98 Å². The highest BCUT2D eigenvalue weighted by molar-refractivity contribution is 7.13. The van der Waals surface area contributed by atoms with Gasteiger partial charge in [-0.2, -0.15) is 0 Å². The summed E-state index contributed by atoms with van der Waals surface area (Å²) < 4.78 is 18.9. The lowest BCUT2D eigenvalue weighted by molar-refractivity contribution is -0.117. The lowest BCUT2D eigenvalue weighted by Gasteiger charge is -2.16. The van der Waals surface area contributed by atoms with Gasteiger partial charge in [0.25, 0.3) is 0 Å². The molecule has 0 aliphatic carbocycles. The standard InChI is InChI=1S/C17H13FN2O2S/c18-12-4-3-11-5-6-20(14(11)8-12)16(21)9-13-10-22-17(19-13)15-2-1-7-23-15/h1-4,7-8,10H,5-6,9H2. The Labute approximate surface area is 136 Å². The summed E-state index contributed by atoms with van der Waals surface area (Å²) in [5.41, 5.74) is 2.25. The maximum atomic E-state index is 13.4. The zero-order valence-electron chi connectivity index (χ0n) is 12.2. The summed E-state index contributed by atoms with van der Waals surface area (Å²) in [6, 6.07) is 8.42. The zero-order valence-corrected chi connectivity index (χ0v) is 13.0. The van der Waals surface area contributed by atoms with Gasteiger partial charge in [-0.15, -0.1) is 11.3 Å². The smallest absolute Gasteiger partial charge is 0.236 e. The van der Waals surface area contributed by atoms with Gasteiger partial charge in [-0.3, -0.25) is 4.79 Å². The summed E-state index contributed by atoms with van der Waals surface area (Å²) in [5, 5.41) is 1.94. The van der Waals surface area contributed by atoms with Crippen LogP contribution in [0.3, 0.4) is 0 Å². The molecule has 6 heteroatoms. The van der Waals surface area contributed by atoms with Gasteiger partial charge in [0.2, 0.25) is 11.8 Å². The van der Waals surface area contributed by atoms with E-state index in [9.17, 15) is 9.18 Å². The molecule has 4 nitrogen and oxygen atoms in total. The van der Waals surface area contributed by atoms with Crippen LogP contribution in [-0.4, -0.2) is 17.4 Å². The van der Waals surface area contributed by atoms with Gasteiger partial charge in [0.05, 0.1) is 17.0 Å². The average molecular weight is 328 g/mol. The van der Waals surface area contributed by atoms with Crippen LogP contribution in [0.5, 0.6) is 0 Å². The first-order valence-corrected chi connectivity index (χ1v) is 8.16. The Morgan fingerprint density at radius 3 is 3.13 bits per heavy atom. The normalized spacial score (nSPS) is 13.3. The molecular weight excluding hydrogens is 315 g/mol. The van der Waals surface area contributed by atoms with Gasteiger partial charge in [0.1, 0.15) is 12.1 Å². The molecule has 3 aromatic rings. The molecule has 1 aliphatic rings. The predicted molar refractivity (Wildman–Crippen MR) is 86.0 cm³/mol. The summed E-state index contributed by atoms with van der Waals surface area (Å²) in [4.78, 5) is 19.4. The van der Waals surface area contributed by atoms with E-state index in [0.717, 1.165) is 16.9 Å². The number of amides is 1. The van der Waals surface area contributed by atoms with Gasteiger partial charge < -0.3 is 9.32 Å². The number of anilines is 1. The SMILES string of the molecule is O=C(Cc1coc(-c2cccs2)n1)N1CCc2ccc(F)cc21. The maximum Gasteiger partial charge on any atom is 0.236 e. The van der Waals surface area contributed by atoms with E-state index in [4.69, 9.17) is 4.42 Å². The number of benzene rings is 1. The van der Waals surface area contributed by atoms with Gasteiger partial charge >= 0.3 is 0 Å². The Bertz CT molecular complexity index is 857. The number of aromatic nitrogens is 1. The number of hydrogen-bond acceptors (Lipinski definition) is 4. The Balaban J connectivity index is 1.52. The molecule has 2 aromatic heterocycles. The van der Waals surface area contributed by atoms with Crippen molar-refractivity contribution < 1.29 is 13.6 Å². The molecule has 0 saturated heterocycles. The highest BCUT2D eigenvalue weighted by atomic mass is 32.1. The Morgan fingerprint density at radius 2 is 2.30 bits per heavy atom. The van der Waals surface area contributed by atoms with Crippen molar-refractivity contribution >= 4 is 22.9 Å². The fourth-order valence-electron chi connectivity index (χ4n) is 2.76. The van der Waals surface area contributed by atoms with Crippen molar-refractivity contribution in [1.82, 2.24) is 4.98 Å². The quantitative estimate of drug-likeness (QED) is 0.737. The molecule has 1 aliphatic heterocycles. The van der Waals surface area contributed by atoms with Crippen LogP contribution in [0.15, 0.2) is 46.4 Å². The van der Waals surface area contributed by atoms with Crippen LogP contribution in [0.2, 0.25) is 0 Å². The molecule has 0 bridgehead atoms. The number of hydrogen-bond donors (Lipinski definition) is 0. The van der Waals surface area contributed by atoms with Crippen LogP contribution in [0.1, 0.15) is 11.3 Å². The van der Waals surface area contributed by atoms with Crippen LogP contribution >= 0.6 is 11.3 Å². The lowest BCUT2D eigenvalue weighted by atomic mass is 10.1. The van der Waals surface area contributed by atoms with Crippen molar-refractivity contribution in [1.29, 1.82) is 0 Å². The number of halogens is 1. The van der Waals surface area contributed by atoms with Crippen molar-refractivity contribution in [2.45, 2.75) is 12.8 Å². The van der Waals surface area contributed by atoms with Gasteiger partial charge in [-0.05, 0) is 35.6 Å². The second kappa shape index (κ2) is 5.62. The molecule has 0 unspecified atom stereocenters. The number of fused-ring (bicyclic) bond motifs is 1. The van der Waals surface area contributed by atoms with E-state index in [1.165, 1.54) is 29.7 Å². The number of oxazole rings is 1. The summed E-state index contributed by atoms with van der Waals surface area (Å²) in [6.45, 7) is 0.577. The number of nitrogens with zero attached hydrogens (tertiary/aromatic N) is 2. The molecule has 0 saturated carbocycles. The first-order valence-electron chi connectivity index (χ1n) is 7.28. The summed E-state index contributed by atoms with van der Waals surface area (Å²) in [7, 11) is 0. The third kappa shape index (κ3) is 2.66. The second-order valence-electron chi connectivity index (χ2n) is 5.37. The van der Waals surface area contributed by atoms with E-state index in [1.54, 1.807) is 11.0 Å². The number of carbonyl (C=O) groups excluding carboxylic acids is 1. The molecule has 4 rings (SSSR count). The summed E-state index contributed by atoms with van der Waals surface area (Å²) >= 11 is 1.53. The molecule has 1 amide bonds.